The highest BCUT2D eigenvalue weighted by atomic mass is 16.3. The summed E-state index contributed by atoms with van der Waals surface area (Å²) in [6.45, 7) is 2.31. The highest BCUT2D eigenvalue weighted by Gasteiger charge is 2.63. The Labute approximate surface area is 261 Å². The fraction of sp³-hybridized carbons (Fsp3) is 0.412. The first kappa shape index (κ1) is 32.1. The van der Waals surface area contributed by atoms with Crippen molar-refractivity contribution in [3.63, 3.8) is 0 Å². The second-order valence-electron chi connectivity index (χ2n) is 12.8. The first-order valence-corrected chi connectivity index (χ1v) is 14.8. The van der Waals surface area contributed by atoms with E-state index in [1.807, 2.05) is 25.1 Å². The molecular formula is C34H39N3O8. The number of phenols is 1. The topological polar surface area (TPSA) is 159 Å². The maximum atomic E-state index is 14.1. The Morgan fingerprint density at radius 2 is 1.67 bits per heavy atom. The first-order valence-electron chi connectivity index (χ1n) is 14.8. The Bertz CT molecular complexity index is 1690. The van der Waals surface area contributed by atoms with E-state index >= 15 is 0 Å². The number of hydrogen-bond donors (Lipinski definition) is 4. The molecule has 0 unspecified atom stereocenters. The molecule has 0 aromatic heterocycles. The minimum atomic E-state index is -2.62. The molecule has 3 aliphatic carbocycles. The molecule has 0 radical (unpaired) electrons. The molecule has 4 N–H and O–H groups in total. The van der Waals surface area contributed by atoms with Crippen molar-refractivity contribution in [3.8, 4) is 16.9 Å². The normalized spacial score (nSPS) is 24.5. The maximum absolute atomic E-state index is 14.1. The summed E-state index contributed by atoms with van der Waals surface area (Å²) in [5.41, 5.74) is -1.27. The van der Waals surface area contributed by atoms with E-state index in [2.05, 4.69) is 0 Å². The van der Waals surface area contributed by atoms with Crippen molar-refractivity contribution in [2.24, 2.45) is 11.8 Å². The van der Waals surface area contributed by atoms with E-state index in [1.165, 1.54) is 6.07 Å². The molecule has 11 heteroatoms. The lowest BCUT2D eigenvalue weighted by Gasteiger charge is -2.50. The standard InChI is InChI=1S/C34H39N3O8/c1-17(38)25-30(41)28(36(4)5)23-16-20-15-22-21(18-8-7-9-19(14-18)33(44)37(6)13-12-35(2)3)10-11-24(39)27(22)29(40)26(20)32(43)34(23,45)31(25)42/h7-11,14,20,23,28,39,41,43,45H,12-13,15-16H2,1-6H3/t20-,23-,28-,34+/m0/s1. The van der Waals surface area contributed by atoms with Gasteiger partial charge < -0.3 is 30.2 Å². The Hall–Kier alpha value is -4.32. The van der Waals surface area contributed by atoms with Crippen LogP contribution in [0.15, 0.2) is 59.1 Å². The minimum absolute atomic E-state index is 0.0230. The number of ketones is 3. The van der Waals surface area contributed by atoms with Crippen molar-refractivity contribution >= 4 is 23.3 Å². The average molecular weight is 618 g/mol. The van der Waals surface area contributed by atoms with Crippen LogP contribution in [0.4, 0.5) is 0 Å². The molecule has 5 rings (SSSR count). The zero-order valence-electron chi connectivity index (χ0n) is 26.3. The lowest BCUT2D eigenvalue weighted by Crippen LogP contribution is -2.63. The van der Waals surface area contributed by atoms with Crippen molar-refractivity contribution in [1.29, 1.82) is 0 Å². The summed E-state index contributed by atoms with van der Waals surface area (Å²) >= 11 is 0. The maximum Gasteiger partial charge on any atom is 0.253 e. The number of hydrogen-bond acceptors (Lipinski definition) is 10. The molecule has 0 aliphatic heterocycles. The van der Waals surface area contributed by atoms with Crippen molar-refractivity contribution in [2.75, 3.05) is 48.3 Å². The van der Waals surface area contributed by atoms with Gasteiger partial charge in [0, 0.05) is 37.2 Å². The molecule has 11 nitrogen and oxygen atoms in total. The predicted octanol–water partition coefficient (Wildman–Crippen LogP) is 2.52. The Morgan fingerprint density at radius 3 is 2.29 bits per heavy atom. The number of carbonyl (C=O) groups excluding carboxylic acids is 4. The molecule has 4 atom stereocenters. The van der Waals surface area contributed by atoms with Gasteiger partial charge in [-0.25, -0.2) is 0 Å². The number of aliphatic hydroxyl groups is 3. The predicted molar refractivity (Wildman–Crippen MR) is 166 cm³/mol. The molecule has 45 heavy (non-hydrogen) atoms. The van der Waals surface area contributed by atoms with Crippen LogP contribution in [-0.2, 0) is 16.0 Å². The summed E-state index contributed by atoms with van der Waals surface area (Å²) in [4.78, 5) is 58.4. The third-order valence-electron chi connectivity index (χ3n) is 9.36. The van der Waals surface area contributed by atoms with Crippen molar-refractivity contribution in [2.45, 2.75) is 31.4 Å². The fourth-order valence-corrected chi connectivity index (χ4v) is 7.11. The average Bonchev–Trinajstić information content (AvgIpc) is 2.97. The zero-order valence-corrected chi connectivity index (χ0v) is 26.3. The molecule has 2 aromatic carbocycles. The second-order valence-corrected chi connectivity index (χ2v) is 12.8. The van der Waals surface area contributed by atoms with Crippen molar-refractivity contribution < 1.29 is 39.6 Å². The van der Waals surface area contributed by atoms with E-state index in [0.717, 1.165) is 6.92 Å². The quantitative estimate of drug-likeness (QED) is 0.340. The molecule has 0 bridgehead atoms. The van der Waals surface area contributed by atoms with Gasteiger partial charge >= 0.3 is 0 Å². The molecule has 1 amide bonds. The van der Waals surface area contributed by atoms with Crippen LogP contribution in [-0.4, -0.2) is 118 Å². The molecule has 0 fully saturated rings. The van der Waals surface area contributed by atoms with E-state index in [1.54, 1.807) is 55.2 Å². The number of nitrogens with zero attached hydrogens (tertiary/aromatic N) is 3. The van der Waals surface area contributed by atoms with Crippen LogP contribution in [0.1, 0.15) is 39.6 Å². The molecular weight excluding hydrogens is 578 g/mol. The molecule has 0 heterocycles. The number of Topliss-reactive ketones (excluding diaryl/α,β-unsaturated/α-hetero) is 3. The smallest absolute Gasteiger partial charge is 0.253 e. The van der Waals surface area contributed by atoms with Gasteiger partial charge in [0.1, 0.15) is 22.8 Å². The minimum Gasteiger partial charge on any atom is -0.510 e. The van der Waals surface area contributed by atoms with Gasteiger partial charge in [-0.05, 0) is 88.8 Å². The number of likely N-dealkylation sites (N-methyl/N-ethyl adjacent to an activating group) is 3. The summed E-state index contributed by atoms with van der Waals surface area (Å²) in [5, 5.41) is 45.3. The summed E-state index contributed by atoms with van der Waals surface area (Å²) < 4.78 is 0. The molecule has 0 saturated heterocycles. The Morgan fingerprint density at radius 1 is 0.978 bits per heavy atom. The number of fused-ring (bicyclic) bond motifs is 3. The fourth-order valence-electron chi connectivity index (χ4n) is 7.11. The SMILES string of the molecule is CC(=O)C1=C(O)[C@@H](N(C)C)[C@@H]2C[C@@H]3Cc4c(-c5cccc(C(=O)N(C)CCN(C)C)c5)ccc(O)c4C(=O)C3=C(O)[C@]2(O)C1=O. The van der Waals surface area contributed by atoms with Gasteiger partial charge in [-0.3, -0.25) is 24.1 Å². The van der Waals surface area contributed by atoms with E-state index in [4.69, 9.17) is 0 Å². The number of phenolic OH excluding ortho intramolecular Hbond substituents is 1. The van der Waals surface area contributed by atoms with Gasteiger partial charge in [0.25, 0.3) is 5.91 Å². The largest absolute Gasteiger partial charge is 0.510 e. The molecule has 0 saturated carbocycles. The number of allylic oxidation sites excluding steroid dienone is 1. The summed E-state index contributed by atoms with van der Waals surface area (Å²) in [7, 11) is 8.82. The monoisotopic (exact) mass is 617 g/mol. The van der Waals surface area contributed by atoms with Gasteiger partial charge in [0.2, 0.25) is 5.78 Å². The number of amides is 1. The Kier molecular flexibility index (Phi) is 8.24. The summed E-state index contributed by atoms with van der Waals surface area (Å²) in [6, 6.07) is 9.06. The highest BCUT2D eigenvalue weighted by molar-refractivity contribution is 6.25. The lowest BCUT2D eigenvalue weighted by atomic mass is 9.58. The van der Waals surface area contributed by atoms with Crippen LogP contribution in [0.3, 0.4) is 0 Å². The van der Waals surface area contributed by atoms with E-state index in [0.29, 0.717) is 35.3 Å². The van der Waals surface area contributed by atoms with Gasteiger partial charge in [-0.1, -0.05) is 18.2 Å². The number of rotatable bonds is 7. The molecule has 238 valence electrons. The number of benzene rings is 2. The summed E-state index contributed by atoms with van der Waals surface area (Å²) in [5.74, 6) is -6.27. The zero-order chi connectivity index (χ0) is 33.1. The van der Waals surface area contributed by atoms with E-state index in [9.17, 15) is 39.6 Å². The molecule has 3 aliphatic rings. The van der Waals surface area contributed by atoms with Crippen molar-refractivity contribution in [3.05, 3.63) is 75.8 Å². The molecule has 0 spiro atoms. The third kappa shape index (κ3) is 5.04. The van der Waals surface area contributed by atoms with Crippen LogP contribution < -0.4 is 0 Å². The van der Waals surface area contributed by atoms with E-state index in [-0.39, 0.29) is 35.6 Å². The van der Waals surface area contributed by atoms with Crippen molar-refractivity contribution in [1.82, 2.24) is 14.7 Å². The van der Waals surface area contributed by atoms with Gasteiger partial charge in [0.05, 0.1) is 11.6 Å². The van der Waals surface area contributed by atoms with E-state index < -0.39 is 57.9 Å². The number of carbonyl (C=O) groups is 4. The van der Waals surface area contributed by atoms with Gasteiger partial charge in [0.15, 0.2) is 17.2 Å². The summed E-state index contributed by atoms with van der Waals surface area (Å²) in [6.07, 6.45) is 0.186. The Balaban J connectivity index is 1.61. The lowest BCUT2D eigenvalue weighted by molar-refractivity contribution is -0.148. The third-order valence-corrected chi connectivity index (χ3v) is 9.36. The van der Waals surface area contributed by atoms with Crippen LogP contribution in [0.2, 0.25) is 0 Å². The molecule has 2 aromatic rings. The van der Waals surface area contributed by atoms with Gasteiger partial charge in [-0.2, -0.15) is 0 Å². The number of aliphatic hydroxyl groups excluding tert-OH is 2. The first-order chi connectivity index (χ1) is 21.1. The van der Waals surface area contributed by atoms with Crippen LogP contribution in [0, 0.1) is 11.8 Å². The van der Waals surface area contributed by atoms with Crippen LogP contribution in [0.25, 0.3) is 11.1 Å². The van der Waals surface area contributed by atoms with Crippen LogP contribution >= 0.6 is 0 Å². The number of aromatic hydroxyl groups is 1. The van der Waals surface area contributed by atoms with Gasteiger partial charge in [-0.15, -0.1) is 0 Å². The second kappa shape index (κ2) is 11.6. The highest BCUT2D eigenvalue weighted by Crippen LogP contribution is 2.53. The van der Waals surface area contributed by atoms with Crippen LogP contribution in [0.5, 0.6) is 5.75 Å².